The molecule has 4 rings (SSSR count). The van der Waals surface area contributed by atoms with E-state index in [4.69, 9.17) is 5.73 Å². The summed E-state index contributed by atoms with van der Waals surface area (Å²) >= 11 is 0. The maximum Gasteiger partial charge on any atom is 0.255 e. The van der Waals surface area contributed by atoms with Crippen LogP contribution >= 0.6 is 0 Å². The average molecular weight is 600 g/mol. The SMILES string of the molecule is C[C@@H]1Cc2c(N(C)C)cc(NC(=O)[C@@H]3CCCN3C)c(O)c2C(O)=C1C(=O)[C@]1(O)C(O)=C(C(N)=O)C(=O)[C@@H](N(C)C)[C@@H]1C. The van der Waals surface area contributed by atoms with Crippen LogP contribution in [0.25, 0.3) is 5.76 Å². The van der Waals surface area contributed by atoms with Gasteiger partial charge in [0.2, 0.25) is 11.7 Å². The van der Waals surface area contributed by atoms with E-state index in [0.29, 0.717) is 17.7 Å². The summed E-state index contributed by atoms with van der Waals surface area (Å²) in [4.78, 5) is 57.7. The number of hydrogen-bond donors (Lipinski definition) is 6. The number of aliphatic hydroxyl groups excluding tert-OH is 2. The van der Waals surface area contributed by atoms with E-state index in [0.717, 1.165) is 13.0 Å². The highest BCUT2D eigenvalue weighted by atomic mass is 16.3. The number of nitrogens with zero attached hydrogens (tertiary/aromatic N) is 3. The number of carbonyl (C=O) groups excluding carboxylic acids is 4. The van der Waals surface area contributed by atoms with Crippen LogP contribution in [0.5, 0.6) is 5.75 Å². The summed E-state index contributed by atoms with van der Waals surface area (Å²) in [5.74, 6) is -7.93. The van der Waals surface area contributed by atoms with Gasteiger partial charge in [0.1, 0.15) is 22.8 Å². The molecule has 234 valence electrons. The van der Waals surface area contributed by atoms with Gasteiger partial charge in [-0.15, -0.1) is 0 Å². The lowest BCUT2D eigenvalue weighted by atomic mass is 9.66. The fourth-order valence-corrected chi connectivity index (χ4v) is 6.78. The molecule has 3 aliphatic rings. The number of hydrogen-bond acceptors (Lipinski definition) is 11. The van der Waals surface area contributed by atoms with Crippen LogP contribution < -0.4 is 16.0 Å². The quantitative estimate of drug-likeness (QED) is 0.191. The van der Waals surface area contributed by atoms with Crippen LogP contribution in [0.15, 0.2) is 23.0 Å². The zero-order valence-corrected chi connectivity index (χ0v) is 25.6. The standard InChI is InChI=1S/C30H41N5O8/c1-13-11-15-18(33(3)4)12-16(32-29(42)17-9-8-10-35(17)7)23(36)20(15)24(37)19(13)26(39)30(43)14(2)22(34(5)6)25(38)21(27(30)40)28(31)41/h12-14,17,22,36-37,40,43H,8-11H2,1-7H3,(H2,31,41)(H,32,42)/t13-,14+,17+,22+,30+/m1/s1. The number of carbonyl (C=O) groups is 4. The van der Waals surface area contributed by atoms with Crippen molar-refractivity contribution in [2.24, 2.45) is 17.6 Å². The van der Waals surface area contributed by atoms with Crippen molar-refractivity contribution < 1.29 is 39.6 Å². The maximum absolute atomic E-state index is 14.3. The molecule has 5 atom stereocenters. The lowest BCUT2D eigenvalue weighted by molar-refractivity contribution is -0.147. The Bertz CT molecular complexity index is 1460. The third-order valence-corrected chi connectivity index (χ3v) is 9.08. The number of nitrogens with one attached hydrogen (secondary N) is 1. The molecule has 0 spiro atoms. The number of Topliss-reactive ketones (excluding diaryl/α,β-unsaturated/α-hetero) is 2. The van der Waals surface area contributed by atoms with E-state index in [2.05, 4.69) is 5.32 Å². The molecular formula is C30H41N5O8. The molecule has 0 unspecified atom stereocenters. The molecule has 0 radical (unpaired) electrons. The largest absolute Gasteiger partial charge is 0.508 e. The summed E-state index contributed by atoms with van der Waals surface area (Å²) < 4.78 is 0. The molecule has 7 N–H and O–H groups in total. The fourth-order valence-electron chi connectivity index (χ4n) is 6.78. The van der Waals surface area contributed by atoms with E-state index in [1.54, 1.807) is 32.0 Å². The van der Waals surface area contributed by atoms with Crippen molar-refractivity contribution in [2.75, 3.05) is 52.0 Å². The predicted molar refractivity (Wildman–Crippen MR) is 160 cm³/mol. The van der Waals surface area contributed by atoms with Crippen molar-refractivity contribution in [1.29, 1.82) is 0 Å². The number of rotatable bonds is 7. The molecule has 0 bridgehead atoms. The summed E-state index contributed by atoms with van der Waals surface area (Å²) in [7, 11) is 8.38. The number of phenolic OH excluding ortho intramolecular Hbond substituents is 1. The number of primary amides is 1. The Morgan fingerprint density at radius 3 is 2.26 bits per heavy atom. The molecule has 1 aliphatic heterocycles. The number of nitrogens with two attached hydrogens (primary N) is 1. The van der Waals surface area contributed by atoms with Crippen LogP contribution in [0.1, 0.15) is 37.8 Å². The number of likely N-dealkylation sites (N-methyl/N-ethyl adjacent to an activating group) is 2. The molecule has 13 nitrogen and oxygen atoms in total. The van der Waals surface area contributed by atoms with Gasteiger partial charge >= 0.3 is 0 Å². The molecule has 1 heterocycles. The molecule has 2 aliphatic carbocycles. The number of anilines is 2. The minimum Gasteiger partial charge on any atom is -0.508 e. The van der Waals surface area contributed by atoms with Gasteiger partial charge in [-0.3, -0.25) is 29.0 Å². The Kier molecular flexibility index (Phi) is 8.39. The van der Waals surface area contributed by atoms with E-state index in [-0.39, 0.29) is 29.2 Å². The number of ketones is 2. The highest BCUT2D eigenvalue weighted by molar-refractivity contribution is 6.24. The molecule has 1 aromatic carbocycles. The normalized spacial score (nSPS) is 27.9. The summed E-state index contributed by atoms with van der Waals surface area (Å²) in [5.41, 5.74) is 2.39. The first-order valence-corrected chi connectivity index (χ1v) is 14.2. The fraction of sp³-hybridized carbons (Fsp3) is 0.533. The molecule has 1 saturated heterocycles. The first kappa shape index (κ1) is 32.0. The molecule has 0 saturated carbocycles. The first-order chi connectivity index (χ1) is 20.0. The Balaban J connectivity index is 1.91. The van der Waals surface area contributed by atoms with E-state index >= 15 is 0 Å². The second-order valence-electron chi connectivity index (χ2n) is 12.3. The Morgan fingerprint density at radius 1 is 1.12 bits per heavy atom. The molecule has 13 heteroatoms. The first-order valence-electron chi connectivity index (χ1n) is 14.2. The highest BCUT2D eigenvalue weighted by Crippen LogP contribution is 2.49. The Hall–Kier alpha value is -3.94. The van der Waals surface area contributed by atoms with Crippen LogP contribution in [0, 0.1) is 11.8 Å². The summed E-state index contributed by atoms with van der Waals surface area (Å²) in [6, 6.07) is -0.000308. The third kappa shape index (κ3) is 4.94. The summed E-state index contributed by atoms with van der Waals surface area (Å²) in [5, 5.41) is 48.8. The minimum absolute atomic E-state index is 0.0300. The smallest absolute Gasteiger partial charge is 0.255 e. The summed E-state index contributed by atoms with van der Waals surface area (Å²) in [6.45, 7) is 3.77. The molecular weight excluding hydrogens is 558 g/mol. The van der Waals surface area contributed by atoms with Crippen LogP contribution in [0.4, 0.5) is 11.4 Å². The van der Waals surface area contributed by atoms with E-state index in [1.165, 1.54) is 25.9 Å². The van der Waals surface area contributed by atoms with Crippen molar-refractivity contribution in [3.05, 3.63) is 34.1 Å². The van der Waals surface area contributed by atoms with Crippen molar-refractivity contribution >= 4 is 40.5 Å². The molecule has 0 aromatic heterocycles. The number of aromatic hydroxyl groups is 1. The van der Waals surface area contributed by atoms with E-state index in [1.807, 2.05) is 11.9 Å². The predicted octanol–water partition coefficient (Wildman–Crippen LogP) is 0.699. The second kappa shape index (κ2) is 11.3. The second-order valence-corrected chi connectivity index (χ2v) is 12.3. The van der Waals surface area contributed by atoms with Gasteiger partial charge in [-0.2, -0.15) is 0 Å². The third-order valence-electron chi connectivity index (χ3n) is 9.08. The minimum atomic E-state index is -2.80. The van der Waals surface area contributed by atoms with Gasteiger partial charge in [0, 0.05) is 31.3 Å². The van der Waals surface area contributed by atoms with Gasteiger partial charge in [0.25, 0.3) is 5.91 Å². The molecule has 1 fully saturated rings. The topological polar surface area (TPSA) is 197 Å². The Labute approximate surface area is 250 Å². The van der Waals surface area contributed by atoms with Gasteiger partial charge in [0.15, 0.2) is 11.4 Å². The van der Waals surface area contributed by atoms with E-state index in [9.17, 15) is 39.6 Å². The number of benzene rings is 1. The lowest BCUT2D eigenvalue weighted by Gasteiger charge is -2.44. The molecule has 1 aromatic rings. The lowest BCUT2D eigenvalue weighted by Crippen LogP contribution is -2.62. The van der Waals surface area contributed by atoms with Crippen LogP contribution in [-0.4, -0.2) is 113 Å². The number of likely N-dealkylation sites (tertiary alicyclic amines) is 1. The van der Waals surface area contributed by atoms with Crippen LogP contribution in [0.2, 0.25) is 0 Å². The number of fused-ring (bicyclic) bond motifs is 1. The Morgan fingerprint density at radius 2 is 1.74 bits per heavy atom. The van der Waals surface area contributed by atoms with Gasteiger partial charge in [-0.25, -0.2) is 0 Å². The highest BCUT2D eigenvalue weighted by Gasteiger charge is 2.59. The van der Waals surface area contributed by atoms with Crippen molar-refractivity contribution in [3.63, 3.8) is 0 Å². The monoisotopic (exact) mass is 599 g/mol. The van der Waals surface area contributed by atoms with Crippen molar-refractivity contribution in [2.45, 2.75) is 50.8 Å². The van der Waals surface area contributed by atoms with E-state index < -0.39 is 69.8 Å². The van der Waals surface area contributed by atoms with Gasteiger partial charge in [0.05, 0.1) is 23.3 Å². The number of aliphatic hydroxyl groups is 3. The molecule has 43 heavy (non-hydrogen) atoms. The van der Waals surface area contributed by atoms with Crippen LogP contribution in [-0.2, 0) is 25.6 Å². The maximum atomic E-state index is 14.3. The molecule has 2 amide bonds. The van der Waals surface area contributed by atoms with Crippen molar-refractivity contribution in [1.82, 2.24) is 9.80 Å². The van der Waals surface area contributed by atoms with Crippen LogP contribution in [0.3, 0.4) is 0 Å². The van der Waals surface area contributed by atoms with Gasteiger partial charge in [-0.1, -0.05) is 13.8 Å². The zero-order chi connectivity index (χ0) is 32.3. The number of amides is 2. The summed E-state index contributed by atoms with van der Waals surface area (Å²) in [6.07, 6.45) is 1.63. The van der Waals surface area contributed by atoms with Gasteiger partial charge < -0.3 is 36.4 Å². The van der Waals surface area contributed by atoms with Crippen molar-refractivity contribution in [3.8, 4) is 5.75 Å². The van der Waals surface area contributed by atoms with Gasteiger partial charge in [-0.05, 0) is 64.5 Å². The number of phenols is 1. The average Bonchev–Trinajstić information content (AvgIpc) is 3.33. The zero-order valence-electron chi connectivity index (χ0n) is 25.6.